The van der Waals surface area contributed by atoms with Crippen LogP contribution in [0, 0.1) is 45.3 Å². The molecular weight excluding hydrogens is 378 g/mol. The summed E-state index contributed by atoms with van der Waals surface area (Å²) in [6.45, 7) is 7.46. The Morgan fingerprint density at radius 2 is 1.84 bits per heavy atom. The minimum atomic E-state index is -0.351. The molecule has 1 aromatic rings. The molecule has 0 radical (unpaired) electrons. The summed E-state index contributed by atoms with van der Waals surface area (Å²) < 4.78 is 0. The lowest BCUT2D eigenvalue weighted by Crippen LogP contribution is -2.51. The number of benzene rings is 1. The number of allylic oxidation sites excluding steroid dienone is 2. The fourth-order valence-corrected chi connectivity index (χ4v) is 8.79. The van der Waals surface area contributed by atoms with Crippen LogP contribution in [0.1, 0.15) is 84.1 Å². The molecule has 7 atom stereocenters. The molecule has 0 amide bonds. The molecule has 5 rings (SSSR count). The van der Waals surface area contributed by atoms with E-state index >= 15 is 0 Å². The van der Waals surface area contributed by atoms with Crippen LogP contribution < -0.4 is 0 Å². The van der Waals surface area contributed by atoms with Crippen molar-refractivity contribution in [2.75, 3.05) is 0 Å². The molecule has 0 heterocycles. The molecule has 0 aliphatic heterocycles. The zero-order valence-corrected chi connectivity index (χ0v) is 19.7. The van der Waals surface area contributed by atoms with Crippen LogP contribution in [0.2, 0.25) is 0 Å². The van der Waals surface area contributed by atoms with Gasteiger partial charge in [-0.05, 0) is 92.9 Å². The average molecular weight is 418 g/mol. The Morgan fingerprint density at radius 1 is 1.06 bits per heavy atom. The average Bonchev–Trinajstić information content (AvgIpc) is 3.12. The highest BCUT2D eigenvalue weighted by Crippen LogP contribution is 2.68. The van der Waals surface area contributed by atoms with Crippen LogP contribution in [0.15, 0.2) is 41.5 Å². The maximum atomic E-state index is 10.4. The summed E-state index contributed by atoms with van der Waals surface area (Å²) in [5.74, 6) is 2.21. The highest BCUT2D eigenvalue weighted by atomic mass is 16.3. The first-order valence-electron chi connectivity index (χ1n) is 12.7. The molecule has 2 heteroatoms. The molecule has 1 aromatic carbocycles. The van der Waals surface area contributed by atoms with Crippen molar-refractivity contribution in [3.63, 3.8) is 0 Å². The number of hydrogen-bond donors (Lipinski definition) is 1. The van der Waals surface area contributed by atoms with Crippen LogP contribution in [0.3, 0.4) is 0 Å². The van der Waals surface area contributed by atoms with E-state index in [0.29, 0.717) is 23.7 Å². The summed E-state index contributed by atoms with van der Waals surface area (Å²) >= 11 is 0. The van der Waals surface area contributed by atoms with Crippen molar-refractivity contribution in [1.29, 1.82) is 5.26 Å². The van der Waals surface area contributed by atoms with E-state index in [0.717, 1.165) is 31.6 Å². The Hall–Kier alpha value is -1.59. The van der Waals surface area contributed by atoms with Crippen molar-refractivity contribution in [1.82, 2.24) is 0 Å². The third-order valence-electron chi connectivity index (χ3n) is 10.5. The molecule has 2 fully saturated rings. The van der Waals surface area contributed by atoms with Gasteiger partial charge in [0.25, 0.3) is 0 Å². The summed E-state index contributed by atoms with van der Waals surface area (Å²) in [4.78, 5) is 0. The first kappa shape index (κ1) is 21.3. The molecule has 31 heavy (non-hydrogen) atoms. The summed E-state index contributed by atoms with van der Waals surface area (Å²) in [6.07, 6.45) is 10.6. The van der Waals surface area contributed by atoms with E-state index in [4.69, 9.17) is 0 Å². The van der Waals surface area contributed by atoms with Gasteiger partial charge in [-0.1, -0.05) is 62.2 Å². The van der Waals surface area contributed by atoms with E-state index in [1.165, 1.54) is 37.7 Å². The van der Waals surface area contributed by atoms with Crippen LogP contribution in [0.4, 0.5) is 0 Å². The monoisotopic (exact) mass is 417 g/mol. The van der Waals surface area contributed by atoms with Gasteiger partial charge < -0.3 is 5.11 Å². The number of aliphatic hydroxyl groups is 1. The molecule has 0 spiro atoms. The van der Waals surface area contributed by atoms with Gasteiger partial charge in [0.1, 0.15) is 0 Å². The Morgan fingerprint density at radius 3 is 2.58 bits per heavy atom. The van der Waals surface area contributed by atoms with Crippen molar-refractivity contribution in [2.45, 2.75) is 91.1 Å². The second-order valence-corrected chi connectivity index (χ2v) is 11.8. The summed E-state index contributed by atoms with van der Waals surface area (Å²) in [7, 11) is 0. The topological polar surface area (TPSA) is 44.0 Å². The highest BCUT2D eigenvalue weighted by Gasteiger charge is 2.60. The Bertz CT molecular complexity index is 912. The van der Waals surface area contributed by atoms with Gasteiger partial charge in [-0.2, -0.15) is 5.26 Å². The van der Waals surface area contributed by atoms with Crippen molar-refractivity contribution in [3.05, 3.63) is 47.0 Å². The maximum Gasteiger partial charge on any atom is 0.0700 e. The SMILES string of the molecule is C[C@H](Cc1ccccc1)[C@H]1CC[C@H]2C3=C(CC[C@]12C)[C@@]1(C)CC[C@H](O)CC1(C#N)CC3. The zero-order chi connectivity index (χ0) is 21.9. The van der Waals surface area contributed by atoms with E-state index in [2.05, 4.69) is 57.2 Å². The summed E-state index contributed by atoms with van der Waals surface area (Å²) in [6, 6.07) is 13.8. The predicted octanol–water partition coefficient (Wildman–Crippen LogP) is 6.84. The van der Waals surface area contributed by atoms with Gasteiger partial charge in [0.05, 0.1) is 17.6 Å². The molecule has 1 unspecified atom stereocenters. The normalized spacial score (nSPS) is 42.9. The molecule has 0 saturated heterocycles. The molecule has 2 nitrogen and oxygen atoms in total. The second kappa shape index (κ2) is 7.48. The lowest BCUT2D eigenvalue weighted by Gasteiger charge is -2.58. The van der Waals surface area contributed by atoms with Gasteiger partial charge in [0.15, 0.2) is 0 Å². The van der Waals surface area contributed by atoms with Crippen LogP contribution in [0.5, 0.6) is 0 Å². The van der Waals surface area contributed by atoms with Gasteiger partial charge in [-0.25, -0.2) is 0 Å². The summed E-state index contributed by atoms with van der Waals surface area (Å²) in [5, 5.41) is 20.7. The van der Waals surface area contributed by atoms with E-state index in [9.17, 15) is 10.4 Å². The number of nitrogens with zero attached hydrogens (tertiary/aromatic N) is 1. The smallest absolute Gasteiger partial charge is 0.0700 e. The summed E-state index contributed by atoms with van der Waals surface area (Å²) in [5.41, 5.74) is 4.89. The van der Waals surface area contributed by atoms with Crippen LogP contribution >= 0.6 is 0 Å². The standard InChI is InChI=1S/C29H39NO/c1-20(17-21-7-5-4-6-8-21)24-9-10-25-23-12-16-29(19-30)18-22(31)11-15-28(29,3)26(23)13-14-27(24,25)2/h4-8,20,22,24-25,31H,9-18H2,1-3H3/t20-,22+,24-,25+,27-,28-,29?/m1/s1. The highest BCUT2D eigenvalue weighted by molar-refractivity contribution is 5.39. The van der Waals surface area contributed by atoms with E-state index in [1.807, 2.05) is 0 Å². The number of fused-ring (bicyclic) bond motifs is 4. The molecule has 4 aliphatic carbocycles. The van der Waals surface area contributed by atoms with Gasteiger partial charge in [-0.15, -0.1) is 0 Å². The van der Waals surface area contributed by atoms with Gasteiger partial charge in [0, 0.05) is 5.41 Å². The van der Waals surface area contributed by atoms with E-state index in [1.54, 1.807) is 11.1 Å². The van der Waals surface area contributed by atoms with Crippen LogP contribution in [-0.2, 0) is 6.42 Å². The van der Waals surface area contributed by atoms with E-state index < -0.39 is 0 Å². The largest absolute Gasteiger partial charge is 0.393 e. The van der Waals surface area contributed by atoms with Gasteiger partial charge >= 0.3 is 0 Å². The molecule has 2 saturated carbocycles. The third kappa shape index (κ3) is 3.06. The molecule has 4 aliphatic rings. The van der Waals surface area contributed by atoms with Crippen LogP contribution in [0.25, 0.3) is 0 Å². The molecule has 0 aromatic heterocycles. The fourth-order valence-electron chi connectivity index (χ4n) is 8.79. The lowest BCUT2D eigenvalue weighted by molar-refractivity contribution is -0.0253. The van der Waals surface area contributed by atoms with Crippen molar-refractivity contribution >= 4 is 0 Å². The minimum absolute atomic E-state index is 0.0242. The zero-order valence-electron chi connectivity index (χ0n) is 19.7. The van der Waals surface area contributed by atoms with Crippen molar-refractivity contribution in [2.24, 2.45) is 34.0 Å². The Labute approximate surface area is 188 Å². The van der Waals surface area contributed by atoms with Gasteiger partial charge in [0.2, 0.25) is 0 Å². The minimum Gasteiger partial charge on any atom is -0.393 e. The second-order valence-electron chi connectivity index (χ2n) is 11.8. The number of aliphatic hydroxyl groups excluding tert-OH is 1. The lowest BCUT2D eigenvalue weighted by atomic mass is 9.45. The van der Waals surface area contributed by atoms with Crippen molar-refractivity contribution < 1.29 is 5.11 Å². The predicted molar refractivity (Wildman–Crippen MR) is 125 cm³/mol. The number of nitriles is 1. The Kier molecular flexibility index (Phi) is 5.13. The molecule has 0 bridgehead atoms. The molecular formula is C29H39NO. The quantitative estimate of drug-likeness (QED) is 0.547. The fraction of sp³-hybridized carbons (Fsp3) is 0.690. The van der Waals surface area contributed by atoms with Crippen LogP contribution in [-0.4, -0.2) is 11.2 Å². The first-order valence-corrected chi connectivity index (χ1v) is 12.7. The maximum absolute atomic E-state index is 10.4. The van der Waals surface area contributed by atoms with Crippen molar-refractivity contribution in [3.8, 4) is 6.07 Å². The first-order chi connectivity index (χ1) is 14.8. The Balaban J connectivity index is 1.44. The molecule has 166 valence electrons. The number of hydrogen-bond acceptors (Lipinski definition) is 2. The van der Waals surface area contributed by atoms with Gasteiger partial charge in [-0.3, -0.25) is 0 Å². The number of rotatable bonds is 3. The third-order valence-corrected chi connectivity index (χ3v) is 10.5. The van der Waals surface area contributed by atoms with E-state index in [-0.39, 0.29) is 16.9 Å². The molecule has 1 N–H and O–H groups in total.